The average Bonchev–Trinajstić information content (AvgIpc) is 3.23. The number of carbonyl (C=O) groups is 1. The fourth-order valence-electron chi connectivity index (χ4n) is 4.12. The highest BCUT2D eigenvalue weighted by Crippen LogP contribution is 2.71. The second-order valence-corrected chi connectivity index (χ2v) is 9.16. The Balaban J connectivity index is 2.11. The predicted octanol–water partition coefficient (Wildman–Crippen LogP) is 5.65. The lowest BCUT2D eigenvalue weighted by molar-refractivity contribution is -0.246. The van der Waals surface area contributed by atoms with Crippen molar-refractivity contribution in [2.75, 3.05) is 4.90 Å². The van der Waals surface area contributed by atoms with E-state index in [1.165, 1.54) is 30.6 Å². The number of anilines is 1. The molecule has 2 heterocycles. The fraction of sp³-hybridized carbons (Fsp3) is 0.273. The fourth-order valence-corrected chi connectivity index (χ4v) is 4.77. The van der Waals surface area contributed by atoms with Crippen molar-refractivity contribution in [1.29, 1.82) is 5.26 Å². The van der Waals surface area contributed by atoms with E-state index in [9.17, 15) is 50.3 Å². The zero-order chi connectivity index (χ0) is 29.1. The molecule has 17 heteroatoms. The van der Waals surface area contributed by atoms with Crippen LogP contribution in [-0.2, 0) is 18.1 Å². The van der Waals surface area contributed by atoms with Crippen LogP contribution >= 0.6 is 23.2 Å². The van der Waals surface area contributed by atoms with Crippen molar-refractivity contribution >= 4 is 35.1 Å². The molecule has 7 nitrogen and oxygen atoms in total. The summed E-state index contributed by atoms with van der Waals surface area (Å²) in [6, 6.07) is 4.35. The number of carbonyl (C=O) groups excluding carboxylic acids is 1. The Morgan fingerprint density at radius 1 is 1.13 bits per heavy atom. The van der Waals surface area contributed by atoms with Gasteiger partial charge in [0, 0.05) is 18.8 Å². The van der Waals surface area contributed by atoms with E-state index < -0.39 is 81.1 Å². The first-order valence-corrected chi connectivity index (χ1v) is 11.1. The minimum atomic E-state index is -5.73. The Kier molecular flexibility index (Phi) is 6.72. The summed E-state index contributed by atoms with van der Waals surface area (Å²) >= 11 is 12.0. The summed E-state index contributed by atoms with van der Waals surface area (Å²) in [5.74, 6) is -5.76. The van der Waals surface area contributed by atoms with Gasteiger partial charge in [-0.05, 0) is 29.8 Å². The quantitative estimate of drug-likeness (QED) is 0.353. The molecule has 2 aromatic heterocycles. The Bertz CT molecular complexity index is 1480. The second-order valence-electron chi connectivity index (χ2n) is 8.35. The van der Waals surface area contributed by atoms with Crippen molar-refractivity contribution in [3.05, 3.63) is 69.1 Å². The van der Waals surface area contributed by atoms with Crippen molar-refractivity contribution in [1.82, 2.24) is 14.8 Å². The Morgan fingerprint density at radius 3 is 2.08 bits per heavy atom. The van der Waals surface area contributed by atoms with Gasteiger partial charge in [0.05, 0.1) is 27.7 Å². The summed E-state index contributed by atoms with van der Waals surface area (Å²) in [7, 11) is 0. The highest BCUT2D eigenvalue weighted by Gasteiger charge is 2.86. The monoisotopic (exact) mass is 598 g/mol. The third-order valence-corrected chi connectivity index (χ3v) is 6.56. The van der Waals surface area contributed by atoms with E-state index in [4.69, 9.17) is 23.2 Å². The molecule has 1 amide bonds. The van der Waals surface area contributed by atoms with E-state index in [-0.39, 0.29) is 15.1 Å². The Hall–Kier alpha value is -3.64. The number of pyridine rings is 1. The van der Waals surface area contributed by atoms with Gasteiger partial charge in [0.1, 0.15) is 23.7 Å². The Morgan fingerprint density at radius 2 is 1.67 bits per heavy atom. The number of nitriles is 1. The molecule has 0 N–H and O–H groups in total. The highest BCUT2D eigenvalue weighted by atomic mass is 35.5. The van der Waals surface area contributed by atoms with Gasteiger partial charge in [0.2, 0.25) is 0 Å². The van der Waals surface area contributed by atoms with Crippen molar-refractivity contribution in [3.8, 4) is 11.8 Å². The van der Waals surface area contributed by atoms with Crippen molar-refractivity contribution in [2.24, 2.45) is 0 Å². The van der Waals surface area contributed by atoms with Gasteiger partial charge in [-0.15, -0.1) is 0 Å². The topological polar surface area (TPSA) is 97.9 Å². The third-order valence-electron chi connectivity index (χ3n) is 5.99. The van der Waals surface area contributed by atoms with Crippen LogP contribution in [0.4, 0.5) is 45.7 Å². The molecule has 206 valence electrons. The smallest absolute Gasteiger partial charge is 0.416 e. The van der Waals surface area contributed by atoms with Crippen LogP contribution in [0.1, 0.15) is 28.8 Å². The first-order valence-electron chi connectivity index (χ1n) is 10.4. The largest absolute Gasteiger partial charge is 0.530 e. The first-order chi connectivity index (χ1) is 18.0. The van der Waals surface area contributed by atoms with Crippen molar-refractivity contribution in [3.63, 3.8) is 0 Å². The summed E-state index contributed by atoms with van der Waals surface area (Å²) in [6.45, 7) is -0.830. The molecule has 0 spiro atoms. The first kappa shape index (κ1) is 28.4. The number of hydrogen-bond acceptors (Lipinski definition) is 5. The van der Waals surface area contributed by atoms with E-state index in [0.29, 0.717) is 12.1 Å². The van der Waals surface area contributed by atoms with Gasteiger partial charge in [-0.1, -0.05) is 23.2 Å². The SMILES string of the molecule is N#Cc1nn(-c2c(Cl)cc(C(F)(F)F)cc2Cl)c(N(Cc2ccncc2)C(=O)[O-])c1C1(C(F)(F)F)CC1(F)F. The molecule has 39 heavy (non-hydrogen) atoms. The number of amides is 1. The molecule has 0 saturated heterocycles. The van der Waals surface area contributed by atoms with Gasteiger partial charge in [-0.25, -0.2) is 13.5 Å². The van der Waals surface area contributed by atoms with E-state index in [1.807, 2.05) is 0 Å². The lowest BCUT2D eigenvalue weighted by Gasteiger charge is -2.30. The molecule has 1 aliphatic rings. The summed E-state index contributed by atoms with van der Waals surface area (Å²) < 4.78 is 112. The number of benzene rings is 1. The van der Waals surface area contributed by atoms with E-state index >= 15 is 0 Å². The standard InChI is InChI=1S/C22H11Cl2F8N5O2/c23-12-5-11(21(27,28)29)6-13(24)16(12)37-17(36(18(38)39)8-10-1-3-34-4-2-10)15(14(7-33)35-37)19(22(30,31)32)9-20(19,25)26/h1-6H,8-9H2,(H,38,39)/p-1. The molecule has 4 rings (SSSR count). The van der Waals surface area contributed by atoms with Gasteiger partial charge in [0.15, 0.2) is 11.1 Å². The van der Waals surface area contributed by atoms with Crippen LogP contribution in [0.5, 0.6) is 0 Å². The maximum Gasteiger partial charge on any atom is 0.416 e. The van der Waals surface area contributed by atoms with Gasteiger partial charge < -0.3 is 14.8 Å². The normalized spacial score (nSPS) is 18.5. The predicted molar refractivity (Wildman–Crippen MR) is 116 cm³/mol. The number of halogens is 10. The molecule has 0 bridgehead atoms. The van der Waals surface area contributed by atoms with Crippen LogP contribution in [-0.4, -0.2) is 33.0 Å². The molecule has 1 aliphatic carbocycles. The van der Waals surface area contributed by atoms with Crippen molar-refractivity contribution < 1.29 is 45.0 Å². The lowest BCUT2D eigenvalue weighted by Crippen LogP contribution is -2.44. The van der Waals surface area contributed by atoms with Crippen LogP contribution in [0.15, 0.2) is 36.7 Å². The van der Waals surface area contributed by atoms with E-state index in [0.717, 1.165) is 0 Å². The van der Waals surface area contributed by atoms with Crippen LogP contribution in [0, 0.1) is 11.3 Å². The summed E-state index contributed by atoms with van der Waals surface area (Å²) in [5, 5.41) is 23.6. The zero-order valence-corrected chi connectivity index (χ0v) is 20.2. The van der Waals surface area contributed by atoms with E-state index in [2.05, 4.69) is 10.1 Å². The van der Waals surface area contributed by atoms with Gasteiger partial charge >= 0.3 is 12.4 Å². The number of alkyl halides is 8. The number of hydrogen-bond donors (Lipinski definition) is 0. The second kappa shape index (κ2) is 9.23. The number of rotatable bonds is 5. The molecule has 1 fully saturated rings. The van der Waals surface area contributed by atoms with Crippen LogP contribution in [0.25, 0.3) is 5.69 Å². The maximum absolute atomic E-state index is 14.5. The summed E-state index contributed by atoms with van der Waals surface area (Å²) in [5.41, 5.74) is -8.98. The molecular formula is C22H10Cl2F8N5O2-. The average molecular weight is 599 g/mol. The number of nitrogens with zero attached hydrogens (tertiary/aromatic N) is 5. The number of carboxylic acid groups (broad SMARTS) is 1. The van der Waals surface area contributed by atoms with Gasteiger partial charge in [-0.2, -0.15) is 36.7 Å². The minimum absolute atomic E-state index is 0.0741. The molecule has 1 unspecified atom stereocenters. The lowest BCUT2D eigenvalue weighted by atomic mass is 9.93. The summed E-state index contributed by atoms with van der Waals surface area (Å²) in [4.78, 5) is 16.0. The minimum Gasteiger partial charge on any atom is -0.530 e. The molecule has 0 aliphatic heterocycles. The molecule has 3 aromatic rings. The van der Waals surface area contributed by atoms with Crippen LogP contribution in [0.2, 0.25) is 10.0 Å². The molecular weight excluding hydrogens is 589 g/mol. The number of aromatic nitrogens is 3. The van der Waals surface area contributed by atoms with Gasteiger partial charge in [-0.3, -0.25) is 4.98 Å². The third kappa shape index (κ3) is 4.61. The molecule has 1 atom stereocenters. The van der Waals surface area contributed by atoms with Gasteiger partial charge in [0.25, 0.3) is 5.92 Å². The molecule has 0 radical (unpaired) electrons. The Labute approximate surface area is 222 Å². The van der Waals surface area contributed by atoms with Crippen molar-refractivity contribution in [2.45, 2.75) is 36.7 Å². The zero-order valence-electron chi connectivity index (χ0n) is 18.7. The highest BCUT2D eigenvalue weighted by molar-refractivity contribution is 6.38. The van der Waals surface area contributed by atoms with E-state index in [1.54, 1.807) is 0 Å². The maximum atomic E-state index is 14.5. The molecule has 1 aromatic carbocycles. The van der Waals surface area contributed by atoms with Crippen LogP contribution in [0.3, 0.4) is 0 Å². The molecule has 1 saturated carbocycles. The van der Waals surface area contributed by atoms with Crippen LogP contribution < -0.4 is 10.0 Å². The summed E-state index contributed by atoms with van der Waals surface area (Å²) in [6.07, 6.45) is -12.4.